The molecule has 0 fully saturated rings. The number of nitrogens with zero attached hydrogens (tertiary/aromatic N) is 1. The minimum absolute atomic E-state index is 0.0639. The summed E-state index contributed by atoms with van der Waals surface area (Å²) in [5.74, 6) is 0.619. The number of aromatic nitrogens is 1. The van der Waals surface area contributed by atoms with Gasteiger partial charge in [-0.05, 0) is 23.6 Å². The lowest BCUT2D eigenvalue weighted by molar-refractivity contribution is -0.908. The predicted octanol–water partition coefficient (Wildman–Crippen LogP) is 1.98. The predicted molar refractivity (Wildman–Crippen MR) is 93.9 cm³/mol. The number of hydrogen-bond donors (Lipinski definition) is 2. The first kappa shape index (κ1) is 16.4. The molecule has 3 rings (SSSR count). The van der Waals surface area contributed by atoms with Crippen LogP contribution in [-0.4, -0.2) is 25.0 Å². The van der Waals surface area contributed by atoms with Gasteiger partial charge in [0.25, 0.3) is 5.91 Å². The molecule has 1 unspecified atom stereocenters. The maximum absolute atomic E-state index is 11.6. The zero-order valence-corrected chi connectivity index (χ0v) is 14.5. The molecule has 1 aromatic carbocycles. The fraction of sp³-hybridized carbons (Fsp3) is 0.222. The van der Waals surface area contributed by atoms with Gasteiger partial charge in [-0.15, -0.1) is 11.3 Å². The van der Waals surface area contributed by atoms with Gasteiger partial charge >= 0.3 is 0 Å². The van der Waals surface area contributed by atoms with E-state index < -0.39 is 0 Å². The highest BCUT2D eigenvalue weighted by atomic mass is 32.1. The van der Waals surface area contributed by atoms with Gasteiger partial charge in [0.1, 0.15) is 25.0 Å². The molecular formula is C18H20N3O2S+. The van der Waals surface area contributed by atoms with Crippen LogP contribution in [0.3, 0.4) is 0 Å². The Kier molecular flexibility index (Phi) is 5.08. The number of thiophene rings is 1. The monoisotopic (exact) mass is 342 g/mol. The van der Waals surface area contributed by atoms with Crippen molar-refractivity contribution in [1.82, 2.24) is 10.3 Å². The van der Waals surface area contributed by atoms with Gasteiger partial charge < -0.3 is 14.6 Å². The van der Waals surface area contributed by atoms with Crippen LogP contribution in [0, 0.1) is 0 Å². The summed E-state index contributed by atoms with van der Waals surface area (Å²) in [5.41, 5.74) is 2.80. The van der Waals surface area contributed by atoms with Crippen molar-refractivity contribution in [1.29, 1.82) is 0 Å². The quantitative estimate of drug-likeness (QED) is 0.720. The van der Waals surface area contributed by atoms with Crippen molar-refractivity contribution in [2.45, 2.75) is 13.1 Å². The molecule has 1 atom stereocenters. The Hall–Kier alpha value is -2.44. The van der Waals surface area contributed by atoms with Crippen molar-refractivity contribution < 1.29 is 14.1 Å². The van der Waals surface area contributed by atoms with Crippen LogP contribution in [0.25, 0.3) is 10.8 Å². The van der Waals surface area contributed by atoms with Gasteiger partial charge in [-0.25, -0.2) is 4.98 Å². The average Bonchev–Trinajstić information content (AvgIpc) is 3.26. The third-order valence-electron chi connectivity index (χ3n) is 3.72. The largest absolute Gasteiger partial charge is 0.443 e. The molecule has 0 aliphatic rings. The molecule has 124 valence electrons. The third kappa shape index (κ3) is 3.90. The standard InChI is InChI=1S/C18H19N3O2S/c1-19-17(22)14-7-5-13(6-8-14)10-21(2)11-15-12-23-18(20-15)16-4-3-9-24-16/h3-9,12H,10-11H2,1-2H3,(H,19,22)/p+1. The number of carbonyl (C=O) groups excluding carboxylic acids is 1. The van der Waals surface area contributed by atoms with E-state index >= 15 is 0 Å². The third-order valence-corrected chi connectivity index (χ3v) is 4.57. The molecular weight excluding hydrogens is 322 g/mol. The zero-order valence-electron chi connectivity index (χ0n) is 13.7. The average molecular weight is 342 g/mol. The van der Waals surface area contributed by atoms with Crippen LogP contribution in [0.1, 0.15) is 21.6 Å². The van der Waals surface area contributed by atoms with E-state index in [1.54, 1.807) is 24.6 Å². The fourth-order valence-corrected chi connectivity index (χ4v) is 3.20. The number of oxazole rings is 1. The van der Waals surface area contributed by atoms with E-state index in [0.29, 0.717) is 11.5 Å². The van der Waals surface area contributed by atoms with Crippen molar-refractivity contribution in [3.63, 3.8) is 0 Å². The molecule has 0 saturated heterocycles. The number of amides is 1. The Bertz CT molecular complexity index is 794. The lowest BCUT2D eigenvalue weighted by Crippen LogP contribution is -3.06. The second-order valence-electron chi connectivity index (χ2n) is 5.71. The normalized spacial score (nSPS) is 12.1. The van der Waals surface area contributed by atoms with E-state index in [9.17, 15) is 4.79 Å². The zero-order chi connectivity index (χ0) is 16.9. The second-order valence-corrected chi connectivity index (χ2v) is 6.66. The van der Waals surface area contributed by atoms with Gasteiger partial charge in [0.05, 0.1) is 11.9 Å². The molecule has 5 nitrogen and oxygen atoms in total. The summed E-state index contributed by atoms with van der Waals surface area (Å²) in [4.78, 5) is 18.5. The molecule has 6 heteroatoms. The Morgan fingerprint density at radius 2 is 2.04 bits per heavy atom. The molecule has 3 aromatic rings. The molecule has 2 aromatic heterocycles. The van der Waals surface area contributed by atoms with E-state index in [0.717, 1.165) is 23.7 Å². The van der Waals surface area contributed by atoms with Crippen LogP contribution in [0.2, 0.25) is 0 Å². The molecule has 0 bridgehead atoms. The molecule has 2 N–H and O–H groups in total. The smallest absolute Gasteiger partial charge is 0.251 e. The lowest BCUT2D eigenvalue weighted by atomic mass is 10.1. The van der Waals surface area contributed by atoms with Gasteiger partial charge in [0.15, 0.2) is 0 Å². The van der Waals surface area contributed by atoms with E-state index in [-0.39, 0.29) is 5.91 Å². The summed E-state index contributed by atoms with van der Waals surface area (Å²) in [6.07, 6.45) is 1.73. The van der Waals surface area contributed by atoms with Crippen molar-refractivity contribution in [3.8, 4) is 10.8 Å². The van der Waals surface area contributed by atoms with Gasteiger partial charge in [0.2, 0.25) is 5.89 Å². The minimum atomic E-state index is -0.0639. The molecule has 0 aliphatic carbocycles. The Balaban J connectivity index is 1.59. The first-order valence-electron chi connectivity index (χ1n) is 7.76. The highest BCUT2D eigenvalue weighted by Crippen LogP contribution is 2.23. The van der Waals surface area contributed by atoms with Crippen molar-refractivity contribution in [3.05, 3.63) is 64.9 Å². The van der Waals surface area contributed by atoms with Crippen LogP contribution >= 0.6 is 11.3 Å². The van der Waals surface area contributed by atoms with Crippen molar-refractivity contribution >= 4 is 17.2 Å². The fourth-order valence-electron chi connectivity index (χ4n) is 2.54. The van der Waals surface area contributed by atoms with Crippen LogP contribution in [0.5, 0.6) is 0 Å². The van der Waals surface area contributed by atoms with E-state index in [4.69, 9.17) is 4.42 Å². The summed E-state index contributed by atoms with van der Waals surface area (Å²) in [7, 11) is 3.75. The van der Waals surface area contributed by atoms with Crippen LogP contribution in [0.4, 0.5) is 0 Å². The van der Waals surface area contributed by atoms with E-state index in [1.165, 1.54) is 10.5 Å². The molecule has 1 amide bonds. The van der Waals surface area contributed by atoms with Crippen molar-refractivity contribution in [2.75, 3.05) is 14.1 Å². The molecule has 2 heterocycles. The molecule has 0 spiro atoms. The first-order valence-corrected chi connectivity index (χ1v) is 8.64. The van der Waals surface area contributed by atoms with Gasteiger partial charge in [-0.3, -0.25) is 4.79 Å². The van der Waals surface area contributed by atoms with Crippen LogP contribution in [0.15, 0.2) is 52.5 Å². The second kappa shape index (κ2) is 7.42. The number of rotatable bonds is 6. The lowest BCUT2D eigenvalue weighted by Gasteiger charge is -2.12. The molecule has 0 aliphatic heterocycles. The molecule has 0 saturated carbocycles. The highest BCUT2D eigenvalue weighted by Gasteiger charge is 2.12. The number of hydrogen-bond acceptors (Lipinski definition) is 4. The van der Waals surface area contributed by atoms with Crippen molar-refractivity contribution in [2.24, 2.45) is 0 Å². The summed E-state index contributed by atoms with van der Waals surface area (Å²) < 4.78 is 5.56. The summed E-state index contributed by atoms with van der Waals surface area (Å²) in [6.45, 7) is 1.64. The minimum Gasteiger partial charge on any atom is -0.443 e. The van der Waals surface area contributed by atoms with Gasteiger partial charge in [-0.2, -0.15) is 0 Å². The number of nitrogens with one attached hydrogen (secondary N) is 2. The SMILES string of the molecule is CNC(=O)c1ccc(C[NH+](C)Cc2coc(-c3cccs3)n2)cc1. The maximum atomic E-state index is 11.6. The highest BCUT2D eigenvalue weighted by molar-refractivity contribution is 7.13. The van der Waals surface area contributed by atoms with E-state index in [1.807, 2.05) is 41.8 Å². The number of benzene rings is 1. The number of carbonyl (C=O) groups is 1. The Morgan fingerprint density at radius 3 is 2.71 bits per heavy atom. The Morgan fingerprint density at radius 1 is 1.25 bits per heavy atom. The molecule has 0 radical (unpaired) electrons. The molecule has 24 heavy (non-hydrogen) atoms. The summed E-state index contributed by atoms with van der Waals surface area (Å²) in [5, 5.41) is 4.64. The van der Waals surface area contributed by atoms with Crippen LogP contribution in [-0.2, 0) is 13.1 Å². The maximum Gasteiger partial charge on any atom is 0.251 e. The Labute approximate surface area is 144 Å². The van der Waals surface area contributed by atoms with Gasteiger partial charge in [0, 0.05) is 18.2 Å². The summed E-state index contributed by atoms with van der Waals surface area (Å²) in [6, 6.07) is 11.7. The van der Waals surface area contributed by atoms with Gasteiger partial charge in [-0.1, -0.05) is 18.2 Å². The van der Waals surface area contributed by atoms with E-state index in [2.05, 4.69) is 17.3 Å². The number of quaternary nitrogens is 1. The summed E-state index contributed by atoms with van der Waals surface area (Å²) >= 11 is 1.62. The first-order chi connectivity index (χ1) is 11.7. The van der Waals surface area contributed by atoms with Crippen LogP contribution < -0.4 is 10.2 Å². The topological polar surface area (TPSA) is 59.6 Å².